The van der Waals surface area contributed by atoms with Gasteiger partial charge in [-0.2, -0.15) is 5.11 Å². The minimum absolute atomic E-state index is 0.00784. The van der Waals surface area contributed by atoms with Gasteiger partial charge in [0.25, 0.3) is 0 Å². The molecule has 0 aliphatic carbocycles. The second-order valence-electron chi connectivity index (χ2n) is 5.05. The molecule has 0 fully saturated rings. The molecule has 5 heteroatoms. The Labute approximate surface area is 133 Å². The summed E-state index contributed by atoms with van der Waals surface area (Å²) in [6.45, 7) is 1.43. The summed E-state index contributed by atoms with van der Waals surface area (Å²) in [5, 5.41) is 22.8. The molecular formula is C18H15N3O2. The van der Waals surface area contributed by atoms with Crippen LogP contribution in [0.25, 0.3) is 10.8 Å². The molecule has 1 amide bonds. The molecule has 5 nitrogen and oxygen atoms in total. The maximum atomic E-state index is 11.3. The normalized spacial score (nSPS) is 11.0. The number of carbonyl (C=O) groups excluding carboxylic acids is 1. The maximum absolute atomic E-state index is 11.3. The summed E-state index contributed by atoms with van der Waals surface area (Å²) in [7, 11) is 0. The van der Waals surface area contributed by atoms with Gasteiger partial charge in [-0.1, -0.05) is 36.4 Å². The minimum Gasteiger partial charge on any atom is -0.505 e. The van der Waals surface area contributed by atoms with Crippen LogP contribution in [0.1, 0.15) is 6.92 Å². The van der Waals surface area contributed by atoms with E-state index in [0.717, 1.165) is 5.39 Å². The SMILES string of the molecule is CC(=O)Nc1cccc2ccc(N=Nc3ccccc3)c(O)c12. The van der Waals surface area contributed by atoms with Gasteiger partial charge in [-0.15, -0.1) is 5.11 Å². The largest absolute Gasteiger partial charge is 0.505 e. The van der Waals surface area contributed by atoms with Crippen molar-refractivity contribution in [1.82, 2.24) is 0 Å². The van der Waals surface area contributed by atoms with Crippen molar-refractivity contribution in [2.24, 2.45) is 10.2 Å². The number of rotatable bonds is 3. The Morgan fingerprint density at radius 2 is 1.74 bits per heavy atom. The molecule has 114 valence electrons. The number of aromatic hydroxyl groups is 1. The molecule has 3 rings (SSSR count). The molecule has 0 unspecified atom stereocenters. The van der Waals surface area contributed by atoms with Crippen LogP contribution in [0.2, 0.25) is 0 Å². The molecule has 0 aromatic heterocycles. The van der Waals surface area contributed by atoms with E-state index in [-0.39, 0.29) is 11.7 Å². The number of fused-ring (bicyclic) bond motifs is 1. The highest BCUT2D eigenvalue weighted by atomic mass is 16.3. The first kappa shape index (κ1) is 14.7. The van der Waals surface area contributed by atoms with Gasteiger partial charge in [0.15, 0.2) is 5.75 Å². The van der Waals surface area contributed by atoms with Gasteiger partial charge in [0.2, 0.25) is 5.91 Å². The molecule has 2 N–H and O–H groups in total. The van der Waals surface area contributed by atoms with Gasteiger partial charge in [-0.3, -0.25) is 4.79 Å². The molecule has 0 radical (unpaired) electrons. The molecular weight excluding hydrogens is 290 g/mol. The van der Waals surface area contributed by atoms with Gasteiger partial charge in [-0.25, -0.2) is 0 Å². The van der Waals surface area contributed by atoms with Crippen molar-refractivity contribution in [2.75, 3.05) is 5.32 Å². The lowest BCUT2D eigenvalue weighted by Crippen LogP contribution is -2.05. The predicted molar refractivity (Wildman–Crippen MR) is 90.5 cm³/mol. The molecule has 0 heterocycles. The van der Waals surface area contributed by atoms with Crippen molar-refractivity contribution in [3.05, 3.63) is 60.7 Å². The fourth-order valence-corrected chi connectivity index (χ4v) is 2.33. The first-order valence-electron chi connectivity index (χ1n) is 7.14. The molecule has 0 aliphatic heterocycles. The number of nitrogens with one attached hydrogen (secondary N) is 1. The summed E-state index contributed by atoms with van der Waals surface area (Å²) in [5.74, 6) is -0.209. The smallest absolute Gasteiger partial charge is 0.221 e. The van der Waals surface area contributed by atoms with Crippen molar-refractivity contribution in [2.45, 2.75) is 6.92 Å². The lowest BCUT2D eigenvalue weighted by Gasteiger charge is -2.09. The van der Waals surface area contributed by atoms with Crippen LogP contribution in [0.5, 0.6) is 5.75 Å². The van der Waals surface area contributed by atoms with Crippen molar-refractivity contribution >= 4 is 33.7 Å². The third kappa shape index (κ3) is 3.18. The van der Waals surface area contributed by atoms with E-state index in [1.54, 1.807) is 12.1 Å². The average Bonchev–Trinajstić information content (AvgIpc) is 2.55. The number of phenols is 1. The summed E-state index contributed by atoms with van der Waals surface area (Å²) in [6.07, 6.45) is 0. The number of azo groups is 1. The Kier molecular flexibility index (Phi) is 4.01. The lowest BCUT2D eigenvalue weighted by atomic mass is 10.1. The third-order valence-corrected chi connectivity index (χ3v) is 3.34. The first-order valence-corrected chi connectivity index (χ1v) is 7.14. The summed E-state index contributed by atoms with van der Waals surface area (Å²) < 4.78 is 0. The van der Waals surface area contributed by atoms with Gasteiger partial charge in [0, 0.05) is 12.3 Å². The van der Waals surface area contributed by atoms with E-state index in [1.165, 1.54) is 6.92 Å². The van der Waals surface area contributed by atoms with Crippen molar-refractivity contribution in [3.8, 4) is 5.75 Å². The van der Waals surface area contributed by atoms with Crippen molar-refractivity contribution in [1.29, 1.82) is 0 Å². The van der Waals surface area contributed by atoms with Crippen LogP contribution in [0.15, 0.2) is 70.9 Å². The van der Waals surface area contributed by atoms with Crippen LogP contribution >= 0.6 is 0 Å². The fourth-order valence-electron chi connectivity index (χ4n) is 2.33. The fraction of sp³-hybridized carbons (Fsp3) is 0.0556. The zero-order valence-corrected chi connectivity index (χ0v) is 12.5. The van der Waals surface area contributed by atoms with Gasteiger partial charge in [0.05, 0.1) is 11.4 Å². The molecule has 0 spiro atoms. The van der Waals surface area contributed by atoms with Crippen molar-refractivity contribution < 1.29 is 9.90 Å². The van der Waals surface area contributed by atoms with Gasteiger partial charge < -0.3 is 10.4 Å². The van der Waals surface area contributed by atoms with Crippen molar-refractivity contribution in [3.63, 3.8) is 0 Å². The molecule has 0 saturated carbocycles. The second kappa shape index (κ2) is 6.27. The number of nitrogens with zero attached hydrogens (tertiary/aromatic N) is 2. The number of hydrogen-bond acceptors (Lipinski definition) is 4. The molecule has 0 aliphatic rings. The van der Waals surface area contributed by atoms with E-state index in [4.69, 9.17) is 0 Å². The highest BCUT2D eigenvalue weighted by Gasteiger charge is 2.11. The molecule has 23 heavy (non-hydrogen) atoms. The summed E-state index contributed by atoms with van der Waals surface area (Å²) in [5.41, 5.74) is 1.59. The Balaban J connectivity index is 2.07. The number of phenolic OH excluding ortho intramolecular Hbond substituents is 1. The first-order chi connectivity index (χ1) is 11.1. The molecule has 3 aromatic rings. The number of carbonyl (C=O) groups is 1. The van der Waals surface area contributed by atoms with E-state index < -0.39 is 0 Å². The Morgan fingerprint density at radius 3 is 2.48 bits per heavy atom. The van der Waals surface area contributed by atoms with E-state index in [1.807, 2.05) is 48.5 Å². The number of amides is 1. The third-order valence-electron chi connectivity index (χ3n) is 3.34. The van der Waals surface area contributed by atoms with Crippen LogP contribution in [0.4, 0.5) is 17.1 Å². The van der Waals surface area contributed by atoms with E-state index in [2.05, 4.69) is 15.5 Å². The topological polar surface area (TPSA) is 74.0 Å². The van der Waals surface area contributed by atoms with E-state index in [0.29, 0.717) is 22.4 Å². The predicted octanol–water partition coefficient (Wildman–Crippen LogP) is 4.92. The van der Waals surface area contributed by atoms with Crippen LogP contribution in [0, 0.1) is 0 Å². The van der Waals surface area contributed by atoms with Gasteiger partial charge in [-0.05, 0) is 29.7 Å². The summed E-state index contributed by atoms with van der Waals surface area (Å²) >= 11 is 0. The zero-order valence-electron chi connectivity index (χ0n) is 12.5. The van der Waals surface area contributed by atoms with Gasteiger partial charge in [0.1, 0.15) is 5.69 Å². The maximum Gasteiger partial charge on any atom is 0.221 e. The number of benzene rings is 3. The number of hydrogen-bond donors (Lipinski definition) is 2. The lowest BCUT2D eigenvalue weighted by molar-refractivity contribution is -0.114. The summed E-state index contributed by atoms with van der Waals surface area (Å²) in [6, 6.07) is 18.2. The van der Waals surface area contributed by atoms with Gasteiger partial charge >= 0.3 is 0 Å². The molecule has 0 saturated heterocycles. The summed E-state index contributed by atoms with van der Waals surface area (Å²) in [4.78, 5) is 11.3. The quantitative estimate of drug-likeness (QED) is 0.674. The second-order valence-corrected chi connectivity index (χ2v) is 5.05. The standard InChI is InChI=1S/C18H15N3O2/c1-12(22)19-15-9-5-6-13-10-11-16(18(23)17(13)15)21-20-14-7-3-2-4-8-14/h2-11,23H,1H3,(H,19,22). The van der Waals surface area contributed by atoms with Crippen LogP contribution in [-0.4, -0.2) is 11.0 Å². The molecule has 0 bridgehead atoms. The molecule has 3 aromatic carbocycles. The molecule has 0 atom stereocenters. The Morgan fingerprint density at radius 1 is 0.957 bits per heavy atom. The van der Waals surface area contributed by atoms with Crippen LogP contribution in [0.3, 0.4) is 0 Å². The highest BCUT2D eigenvalue weighted by Crippen LogP contribution is 2.39. The number of anilines is 1. The Hall–Kier alpha value is -3.21. The van der Waals surface area contributed by atoms with Crippen LogP contribution in [-0.2, 0) is 4.79 Å². The van der Waals surface area contributed by atoms with E-state index in [9.17, 15) is 9.90 Å². The van der Waals surface area contributed by atoms with Crippen LogP contribution < -0.4 is 5.32 Å². The minimum atomic E-state index is -0.201. The Bertz CT molecular complexity index is 889. The van der Waals surface area contributed by atoms with E-state index >= 15 is 0 Å². The average molecular weight is 305 g/mol. The zero-order chi connectivity index (χ0) is 16.2. The highest BCUT2D eigenvalue weighted by molar-refractivity contribution is 6.06. The monoisotopic (exact) mass is 305 g/mol.